The number of para-hydroxylation sites is 1. The van der Waals surface area contributed by atoms with Crippen molar-refractivity contribution < 1.29 is 4.74 Å². The molecule has 0 aliphatic rings. The van der Waals surface area contributed by atoms with E-state index in [1.807, 2.05) is 104 Å². The summed E-state index contributed by atoms with van der Waals surface area (Å²) >= 11 is 1.32. The Labute approximate surface area is 216 Å². The quantitative estimate of drug-likeness (QED) is 0.321. The van der Waals surface area contributed by atoms with Crippen molar-refractivity contribution in [1.82, 2.24) is 24.4 Å². The zero-order valence-electron chi connectivity index (χ0n) is 20.3. The van der Waals surface area contributed by atoms with Gasteiger partial charge < -0.3 is 4.74 Å². The van der Waals surface area contributed by atoms with Crippen molar-refractivity contribution in [2.75, 3.05) is 6.61 Å². The largest absolute Gasteiger partial charge is 0.494 e. The van der Waals surface area contributed by atoms with E-state index in [2.05, 4.69) is 16.1 Å². The van der Waals surface area contributed by atoms with Crippen LogP contribution in [0.5, 0.6) is 5.75 Å². The van der Waals surface area contributed by atoms with Crippen molar-refractivity contribution in [3.05, 3.63) is 111 Å². The van der Waals surface area contributed by atoms with Crippen LogP contribution in [0, 0.1) is 6.92 Å². The average molecular weight is 506 g/mol. The monoisotopic (exact) mass is 505 g/mol. The molecular formula is C29H23N5O2S. The van der Waals surface area contributed by atoms with Gasteiger partial charge in [0.05, 0.1) is 16.8 Å². The lowest BCUT2D eigenvalue weighted by Crippen LogP contribution is -2.23. The molecule has 0 atom stereocenters. The number of nitrogens with zero attached hydrogens (tertiary/aromatic N) is 5. The fraction of sp³-hybridized carbons (Fsp3) is 0.103. The average Bonchev–Trinajstić information content (AvgIpc) is 3.62. The number of ether oxygens (including phenoxy) is 1. The molecule has 0 aliphatic heterocycles. The summed E-state index contributed by atoms with van der Waals surface area (Å²) < 4.78 is 9.48. The van der Waals surface area contributed by atoms with E-state index in [1.54, 1.807) is 0 Å². The summed E-state index contributed by atoms with van der Waals surface area (Å²) in [6.45, 7) is 4.60. The maximum Gasteiger partial charge on any atom is 0.291 e. The molecule has 0 saturated carbocycles. The third-order valence-corrected chi connectivity index (χ3v) is 6.97. The van der Waals surface area contributed by atoms with Gasteiger partial charge in [0.2, 0.25) is 4.96 Å². The van der Waals surface area contributed by atoms with E-state index < -0.39 is 0 Å². The van der Waals surface area contributed by atoms with Crippen molar-refractivity contribution in [3.8, 4) is 34.1 Å². The minimum atomic E-state index is -0.198. The van der Waals surface area contributed by atoms with Crippen LogP contribution in [0.25, 0.3) is 39.4 Å². The molecule has 6 aromatic rings. The fourth-order valence-corrected chi connectivity index (χ4v) is 5.13. The zero-order valence-corrected chi connectivity index (χ0v) is 21.1. The van der Waals surface area contributed by atoms with E-state index in [-0.39, 0.29) is 5.56 Å². The Balaban J connectivity index is 1.48. The van der Waals surface area contributed by atoms with Gasteiger partial charge in [-0.2, -0.15) is 14.6 Å². The second-order valence-corrected chi connectivity index (χ2v) is 9.55. The van der Waals surface area contributed by atoms with Crippen molar-refractivity contribution in [2.24, 2.45) is 0 Å². The van der Waals surface area contributed by atoms with Gasteiger partial charge in [-0.1, -0.05) is 59.9 Å². The van der Waals surface area contributed by atoms with Gasteiger partial charge in [-0.3, -0.25) is 4.79 Å². The first-order valence-electron chi connectivity index (χ1n) is 12.0. The Hall–Kier alpha value is -4.56. The van der Waals surface area contributed by atoms with Gasteiger partial charge >= 0.3 is 0 Å². The Kier molecular flexibility index (Phi) is 5.86. The minimum absolute atomic E-state index is 0.198. The molecule has 7 nitrogen and oxygen atoms in total. The van der Waals surface area contributed by atoms with E-state index >= 15 is 0 Å². The standard InChI is InChI=1S/C29H23N5O2S/c1-3-36-24-15-14-21(16-19(24)2)26-22(18-33(31-26)23-12-8-5-9-13-23)17-25-28(35)34-29(37-25)30-27(32-34)20-10-6-4-7-11-20/h4-18H,3H2,1-2H3. The molecule has 0 amide bonds. The zero-order chi connectivity index (χ0) is 25.4. The van der Waals surface area contributed by atoms with E-state index in [1.165, 1.54) is 15.9 Å². The highest BCUT2D eigenvalue weighted by Crippen LogP contribution is 2.29. The van der Waals surface area contributed by atoms with Crippen LogP contribution >= 0.6 is 11.3 Å². The molecule has 182 valence electrons. The molecule has 3 heterocycles. The van der Waals surface area contributed by atoms with Gasteiger partial charge in [0.25, 0.3) is 5.56 Å². The van der Waals surface area contributed by atoms with Gasteiger partial charge in [-0.25, -0.2) is 4.68 Å². The molecule has 6 rings (SSSR count). The van der Waals surface area contributed by atoms with E-state index in [0.29, 0.717) is 21.9 Å². The van der Waals surface area contributed by atoms with Crippen molar-refractivity contribution >= 4 is 22.4 Å². The van der Waals surface area contributed by atoms with Crippen LogP contribution < -0.4 is 14.8 Å². The van der Waals surface area contributed by atoms with Crippen LogP contribution in [0.4, 0.5) is 0 Å². The number of aromatic nitrogens is 5. The van der Waals surface area contributed by atoms with Gasteiger partial charge in [-0.05, 0) is 55.8 Å². The highest BCUT2D eigenvalue weighted by molar-refractivity contribution is 7.15. The molecular weight excluding hydrogens is 482 g/mol. The number of fused-ring (bicyclic) bond motifs is 1. The van der Waals surface area contributed by atoms with E-state index in [0.717, 1.165) is 39.4 Å². The maximum atomic E-state index is 13.3. The van der Waals surface area contributed by atoms with Crippen LogP contribution in [-0.4, -0.2) is 31.0 Å². The molecule has 0 radical (unpaired) electrons. The number of hydrogen-bond acceptors (Lipinski definition) is 6. The van der Waals surface area contributed by atoms with Crippen molar-refractivity contribution in [2.45, 2.75) is 13.8 Å². The SMILES string of the molecule is CCOc1ccc(-c2nn(-c3ccccc3)cc2C=c2sc3nc(-c4ccccc4)nn3c2=O)cc1C. The number of aryl methyl sites for hydroxylation is 1. The predicted molar refractivity (Wildman–Crippen MR) is 146 cm³/mol. The normalized spacial score (nSPS) is 11.9. The van der Waals surface area contributed by atoms with Crippen molar-refractivity contribution in [3.63, 3.8) is 0 Å². The van der Waals surface area contributed by atoms with Crippen LogP contribution in [0.1, 0.15) is 18.1 Å². The molecule has 0 aliphatic carbocycles. The number of hydrogen-bond donors (Lipinski definition) is 0. The van der Waals surface area contributed by atoms with Gasteiger partial charge in [0, 0.05) is 22.9 Å². The second kappa shape index (κ2) is 9.48. The van der Waals surface area contributed by atoms with E-state index in [4.69, 9.17) is 9.84 Å². The summed E-state index contributed by atoms with van der Waals surface area (Å²) in [5, 5.41) is 9.36. The lowest BCUT2D eigenvalue weighted by molar-refractivity contribution is 0.338. The van der Waals surface area contributed by atoms with Crippen LogP contribution in [0.15, 0.2) is 89.9 Å². The second-order valence-electron chi connectivity index (χ2n) is 8.54. The molecule has 8 heteroatoms. The highest BCUT2D eigenvalue weighted by Gasteiger charge is 2.15. The summed E-state index contributed by atoms with van der Waals surface area (Å²) in [6.07, 6.45) is 3.82. The maximum absolute atomic E-state index is 13.3. The van der Waals surface area contributed by atoms with Gasteiger partial charge in [0.1, 0.15) is 11.4 Å². The molecule has 0 unspecified atom stereocenters. The van der Waals surface area contributed by atoms with Crippen molar-refractivity contribution in [1.29, 1.82) is 0 Å². The summed E-state index contributed by atoms with van der Waals surface area (Å²) in [6, 6.07) is 25.6. The predicted octanol–water partition coefficient (Wildman–Crippen LogP) is 4.93. The Morgan fingerprint density at radius 3 is 2.41 bits per heavy atom. The molecule has 0 N–H and O–H groups in total. The first-order chi connectivity index (χ1) is 18.1. The third kappa shape index (κ3) is 4.32. The highest BCUT2D eigenvalue weighted by atomic mass is 32.1. The third-order valence-electron chi connectivity index (χ3n) is 6.01. The van der Waals surface area contributed by atoms with Crippen LogP contribution in [0.2, 0.25) is 0 Å². The van der Waals surface area contributed by atoms with E-state index in [9.17, 15) is 4.79 Å². The minimum Gasteiger partial charge on any atom is -0.494 e. The van der Waals surface area contributed by atoms with Gasteiger partial charge in [0.15, 0.2) is 5.82 Å². The molecule has 0 fully saturated rings. The summed E-state index contributed by atoms with van der Waals surface area (Å²) in [5.41, 5.74) is 5.19. The summed E-state index contributed by atoms with van der Waals surface area (Å²) in [5.74, 6) is 1.39. The Bertz CT molecular complexity index is 1820. The lowest BCUT2D eigenvalue weighted by atomic mass is 10.0. The Morgan fingerprint density at radius 2 is 1.70 bits per heavy atom. The number of rotatable bonds is 6. The molecule has 3 aromatic carbocycles. The first kappa shape index (κ1) is 22.9. The molecule has 0 bridgehead atoms. The number of benzene rings is 3. The smallest absolute Gasteiger partial charge is 0.291 e. The molecule has 0 spiro atoms. The molecule has 3 aromatic heterocycles. The van der Waals surface area contributed by atoms with Crippen LogP contribution in [0.3, 0.4) is 0 Å². The Morgan fingerprint density at radius 1 is 0.946 bits per heavy atom. The molecule has 37 heavy (non-hydrogen) atoms. The molecule has 0 saturated heterocycles. The van der Waals surface area contributed by atoms with Crippen LogP contribution in [-0.2, 0) is 0 Å². The van der Waals surface area contributed by atoms with Gasteiger partial charge in [-0.15, -0.1) is 5.10 Å². The fourth-order valence-electron chi connectivity index (χ4n) is 4.23. The summed E-state index contributed by atoms with van der Waals surface area (Å²) in [7, 11) is 0. The lowest BCUT2D eigenvalue weighted by Gasteiger charge is -2.08. The summed E-state index contributed by atoms with van der Waals surface area (Å²) in [4.78, 5) is 18.4. The number of thiazole rings is 1. The first-order valence-corrected chi connectivity index (χ1v) is 12.8. The topological polar surface area (TPSA) is 74.3 Å².